The summed E-state index contributed by atoms with van der Waals surface area (Å²) in [6.45, 7) is 3.92. The number of ether oxygens (including phenoxy) is 1. The molecule has 1 heterocycles. The minimum absolute atomic E-state index is 0.351. The first kappa shape index (κ1) is 11.9. The van der Waals surface area contributed by atoms with Crippen molar-refractivity contribution < 1.29 is 4.74 Å². The first-order chi connectivity index (χ1) is 7.75. The molecule has 0 spiro atoms. The van der Waals surface area contributed by atoms with Crippen molar-refractivity contribution in [2.75, 3.05) is 13.2 Å². The molecule has 1 aliphatic rings. The quantitative estimate of drug-likeness (QED) is 0.875. The Balaban J connectivity index is 1.91. The van der Waals surface area contributed by atoms with E-state index in [1.165, 1.54) is 12.0 Å². The van der Waals surface area contributed by atoms with Crippen LogP contribution in [0.5, 0.6) is 0 Å². The molecule has 2 nitrogen and oxygen atoms in total. The lowest BCUT2D eigenvalue weighted by molar-refractivity contribution is 0.0671. The molecule has 0 aromatic heterocycles. The van der Waals surface area contributed by atoms with E-state index < -0.39 is 0 Å². The first-order valence-electron chi connectivity index (χ1n) is 5.85. The van der Waals surface area contributed by atoms with E-state index >= 15 is 0 Å². The molecule has 0 bridgehead atoms. The monoisotopic (exact) mass is 239 g/mol. The zero-order valence-corrected chi connectivity index (χ0v) is 10.3. The maximum atomic E-state index is 5.87. The highest BCUT2D eigenvalue weighted by atomic mass is 35.5. The van der Waals surface area contributed by atoms with Gasteiger partial charge in [-0.1, -0.05) is 23.7 Å². The summed E-state index contributed by atoms with van der Waals surface area (Å²) in [4.78, 5) is 0. The normalized spacial score (nSPS) is 23.0. The molecule has 1 aromatic carbocycles. The van der Waals surface area contributed by atoms with Crippen LogP contribution in [0, 0.1) is 0 Å². The molecule has 0 radical (unpaired) electrons. The van der Waals surface area contributed by atoms with Crippen LogP contribution in [-0.2, 0) is 4.74 Å². The Morgan fingerprint density at radius 3 is 2.75 bits per heavy atom. The predicted octanol–water partition coefficient (Wildman–Crippen LogP) is 3.17. The second-order valence-electron chi connectivity index (χ2n) is 4.35. The van der Waals surface area contributed by atoms with E-state index in [1.807, 2.05) is 12.1 Å². The van der Waals surface area contributed by atoms with Crippen LogP contribution < -0.4 is 5.32 Å². The molecule has 88 valence electrons. The van der Waals surface area contributed by atoms with Gasteiger partial charge in [0.25, 0.3) is 0 Å². The van der Waals surface area contributed by atoms with Gasteiger partial charge in [0.2, 0.25) is 0 Å². The third-order valence-corrected chi connectivity index (χ3v) is 3.27. The van der Waals surface area contributed by atoms with E-state index in [-0.39, 0.29) is 0 Å². The number of halogens is 1. The van der Waals surface area contributed by atoms with Crippen molar-refractivity contribution in [2.24, 2.45) is 0 Å². The van der Waals surface area contributed by atoms with Crippen LogP contribution in [0.2, 0.25) is 5.02 Å². The van der Waals surface area contributed by atoms with Crippen LogP contribution in [0.4, 0.5) is 0 Å². The molecular weight excluding hydrogens is 222 g/mol. The predicted molar refractivity (Wildman–Crippen MR) is 66.8 cm³/mol. The summed E-state index contributed by atoms with van der Waals surface area (Å²) < 4.78 is 5.45. The molecule has 0 aliphatic carbocycles. The van der Waals surface area contributed by atoms with Gasteiger partial charge in [0.15, 0.2) is 0 Å². The summed E-state index contributed by atoms with van der Waals surface area (Å²) in [5.41, 5.74) is 1.27. The summed E-state index contributed by atoms with van der Waals surface area (Å²) >= 11 is 5.87. The van der Waals surface area contributed by atoms with Crippen molar-refractivity contribution in [1.82, 2.24) is 5.32 Å². The highest BCUT2D eigenvalue weighted by Gasteiger charge is 2.16. The number of rotatable bonds is 3. The first-order valence-corrected chi connectivity index (χ1v) is 6.23. The van der Waals surface area contributed by atoms with Gasteiger partial charge in [0, 0.05) is 23.7 Å². The van der Waals surface area contributed by atoms with Crippen molar-refractivity contribution in [3.05, 3.63) is 34.9 Å². The molecule has 1 fully saturated rings. The largest absolute Gasteiger partial charge is 0.380 e. The summed E-state index contributed by atoms with van der Waals surface area (Å²) in [5, 5.41) is 4.38. The van der Waals surface area contributed by atoms with E-state index in [9.17, 15) is 0 Å². The van der Waals surface area contributed by atoms with Crippen LogP contribution in [0.1, 0.15) is 31.4 Å². The van der Waals surface area contributed by atoms with Gasteiger partial charge in [-0.15, -0.1) is 0 Å². The molecule has 2 atom stereocenters. The lowest BCUT2D eigenvalue weighted by Gasteiger charge is -2.27. The Morgan fingerprint density at radius 2 is 2.12 bits per heavy atom. The summed E-state index contributed by atoms with van der Waals surface area (Å²) in [6, 6.07) is 8.86. The van der Waals surface area contributed by atoms with Crippen molar-refractivity contribution in [1.29, 1.82) is 0 Å². The van der Waals surface area contributed by atoms with Crippen molar-refractivity contribution in [3.63, 3.8) is 0 Å². The average Bonchev–Trinajstić information content (AvgIpc) is 2.31. The molecule has 0 amide bonds. The molecule has 0 saturated carbocycles. The topological polar surface area (TPSA) is 21.3 Å². The van der Waals surface area contributed by atoms with Crippen molar-refractivity contribution >= 4 is 11.6 Å². The zero-order valence-electron chi connectivity index (χ0n) is 9.58. The fourth-order valence-corrected chi connectivity index (χ4v) is 2.20. The Labute approximate surface area is 102 Å². The van der Waals surface area contributed by atoms with Crippen LogP contribution in [0.25, 0.3) is 0 Å². The van der Waals surface area contributed by atoms with Gasteiger partial charge in [-0.05, 0) is 37.5 Å². The highest BCUT2D eigenvalue weighted by Crippen LogP contribution is 2.18. The molecule has 16 heavy (non-hydrogen) atoms. The second-order valence-corrected chi connectivity index (χ2v) is 4.79. The van der Waals surface area contributed by atoms with E-state index in [0.29, 0.717) is 12.1 Å². The van der Waals surface area contributed by atoms with Crippen LogP contribution >= 0.6 is 11.6 Å². The van der Waals surface area contributed by atoms with Gasteiger partial charge in [-0.25, -0.2) is 0 Å². The van der Waals surface area contributed by atoms with Crippen molar-refractivity contribution in [3.8, 4) is 0 Å². The number of hydrogen-bond donors (Lipinski definition) is 1. The lowest BCUT2D eigenvalue weighted by atomic mass is 10.1. The molecule has 2 rings (SSSR count). The molecule has 1 unspecified atom stereocenters. The van der Waals surface area contributed by atoms with Gasteiger partial charge in [-0.3, -0.25) is 0 Å². The fourth-order valence-electron chi connectivity index (χ4n) is 2.07. The van der Waals surface area contributed by atoms with Gasteiger partial charge >= 0.3 is 0 Å². The zero-order chi connectivity index (χ0) is 11.4. The molecule has 1 aliphatic heterocycles. The Kier molecular flexibility index (Phi) is 4.22. The third-order valence-electron chi connectivity index (χ3n) is 3.02. The van der Waals surface area contributed by atoms with E-state index in [4.69, 9.17) is 16.3 Å². The standard InChI is InChI=1S/C13H18ClNO/c1-10(11-4-6-12(14)7-5-11)15-13-3-2-8-16-9-13/h4-7,10,13,15H,2-3,8-9H2,1H3/t10-,13?/m0/s1. The van der Waals surface area contributed by atoms with Crippen LogP contribution in [0.15, 0.2) is 24.3 Å². The molecule has 1 aromatic rings. The van der Waals surface area contributed by atoms with Gasteiger partial charge in [0.1, 0.15) is 0 Å². The highest BCUT2D eigenvalue weighted by molar-refractivity contribution is 6.30. The fraction of sp³-hybridized carbons (Fsp3) is 0.538. The van der Waals surface area contributed by atoms with Gasteiger partial charge in [-0.2, -0.15) is 0 Å². The van der Waals surface area contributed by atoms with E-state index in [1.54, 1.807) is 0 Å². The van der Waals surface area contributed by atoms with E-state index in [0.717, 1.165) is 24.7 Å². The molecule has 1 N–H and O–H groups in total. The maximum Gasteiger partial charge on any atom is 0.0619 e. The average molecular weight is 240 g/mol. The van der Waals surface area contributed by atoms with Crippen molar-refractivity contribution in [2.45, 2.75) is 31.8 Å². The molecule has 3 heteroatoms. The SMILES string of the molecule is C[C@H](NC1CCCOC1)c1ccc(Cl)cc1. The van der Waals surface area contributed by atoms with Gasteiger partial charge < -0.3 is 10.1 Å². The van der Waals surface area contributed by atoms with Gasteiger partial charge in [0.05, 0.1) is 6.61 Å². The minimum Gasteiger partial charge on any atom is -0.380 e. The Morgan fingerprint density at radius 1 is 1.38 bits per heavy atom. The maximum absolute atomic E-state index is 5.87. The number of hydrogen-bond acceptors (Lipinski definition) is 2. The lowest BCUT2D eigenvalue weighted by Crippen LogP contribution is -2.38. The summed E-state index contributed by atoms with van der Waals surface area (Å²) in [5.74, 6) is 0. The summed E-state index contributed by atoms with van der Waals surface area (Å²) in [6.07, 6.45) is 2.36. The second kappa shape index (κ2) is 5.67. The third kappa shape index (κ3) is 3.21. The van der Waals surface area contributed by atoms with E-state index in [2.05, 4.69) is 24.4 Å². The smallest absolute Gasteiger partial charge is 0.0619 e. The Bertz CT molecular complexity index is 319. The minimum atomic E-state index is 0.351. The molecular formula is C13H18ClNO. The Hall–Kier alpha value is -0.570. The number of benzene rings is 1. The molecule has 1 saturated heterocycles. The number of nitrogens with one attached hydrogen (secondary N) is 1. The van der Waals surface area contributed by atoms with Crippen LogP contribution in [0.3, 0.4) is 0 Å². The van der Waals surface area contributed by atoms with Crippen LogP contribution in [-0.4, -0.2) is 19.3 Å². The summed E-state index contributed by atoms with van der Waals surface area (Å²) in [7, 11) is 0.